The maximum Gasteiger partial charge on any atom is 0.264 e. The zero-order valence-corrected chi connectivity index (χ0v) is 26.7. The normalized spacial score (nSPS) is 11.9. The smallest absolute Gasteiger partial charge is 0.264 e. The number of rotatable bonds is 15. The van der Waals surface area contributed by atoms with E-state index in [1.54, 1.807) is 24.3 Å². The monoisotopic (exact) mass is 609 g/mol. The maximum atomic E-state index is 14.2. The van der Waals surface area contributed by atoms with Gasteiger partial charge in [-0.1, -0.05) is 67.8 Å². The summed E-state index contributed by atoms with van der Waals surface area (Å²) in [5, 5.41) is 2.95. The van der Waals surface area contributed by atoms with Crippen molar-refractivity contribution >= 4 is 27.5 Å². The minimum absolute atomic E-state index is 0.0619. The van der Waals surface area contributed by atoms with Gasteiger partial charge in [-0.2, -0.15) is 0 Å². The Bertz CT molecular complexity index is 1490. The minimum Gasteiger partial charge on any atom is -0.493 e. The molecule has 0 unspecified atom stereocenters. The summed E-state index contributed by atoms with van der Waals surface area (Å²) in [7, 11) is -1.36. The molecule has 10 heteroatoms. The fourth-order valence-electron chi connectivity index (χ4n) is 4.78. The van der Waals surface area contributed by atoms with E-state index >= 15 is 0 Å². The number of ether oxygens (including phenoxy) is 2. The van der Waals surface area contributed by atoms with Gasteiger partial charge in [0.25, 0.3) is 10.0 Å². The van der Waals surface area contributed by atoms with E-state index in [1.165, 1.54) is 37.3 Å². The van der Waals surface area contributed by atoms with Crippen molar-refractivity contribution in [2.75, 3.05) is 31.6 Å². The Kier molecular flexibility index (Phi) is 12.0. The van der Waals surface area contributed by atoms with E-state index in [2.05, 4.69) is 5.32 Å². The van der Waals surface area contributed by atoms with Crippen LogP contribution in [-0.4, -0.2) is 58.5 Å². The zero-order chi connectivity index (χ0) is 31.6. The Morgan fingerprint density at radius 2 is 1.58 bits per heavy atom. The molecule has 1 N–H and O–H groups in total. The number of methoxy groups -OCH3 is 2. The van der Waals surface area contributed by atoms with Gasteiger partial charge in [0, 0.05) is 19.2 Å². The van der Waals surface area contributed by atoms with Crippen LogP contribution in [0.25, 0.3) is 0 Å². The van der Waals surface area contributed by atoms with Crippen molar-refractivity contribution in [2.45, 2.75) is 64.4 Å². The highest BCUT2D eigenvalue weighted by atomic mass is 32.2. The van der Waals surface area contributed by atoms with Crippen molar-refractivity contribution in [3.8, 4) is 11.5 Å². The van der Waals surface area contributed by atoms with E-state index < -0.39 is 28.5 Å². The van der Waals surface area contributed by atoms with E-state index in [0.29, 0.717) is 24.4 Å². The molecule has 2 amide bonds. The Morgan fingerprint density at radius 1 is 0.884 bits per heavy atom. The minimum atomic E-state index is -4.25. The molecule has 0 aliphatic rings. The first-order chi connectivity index (χ1) is 20.5. The molecule has 232 valence electrons. The van der Waals surface area contributed by atoms with Crippen LogP contribution in [0.15, 0.2) is 71.6 Å². The van der Waals surface area contributed by atoms with Gasteiger partial charge in [-0.15, -0.1) is 0 Å². The molecule has 0 spiro atoms. The number of carbonyl (C=O) groups is 2. The van der Waals surface area contributed by atoms with Crippen LogP contribution in [0.4, 0.5) is 5.69 Å². The van der Waals surface area contributed by atoms with Crippen LogP contribution in [0.2, 0.25) is 0 Å². The van der Waals surface area contributed by atoms with Gasteiger partial charge in [-0.3, -0.25) is 13.9 Å². The average Bonchev–Trinajstić information content (AvgIpc) is 2.99. The SMILES string of the molecule is CCCCNC(=O)[C@H](CC)N(Cc1cccc(C)c1)C(=O)CN(c1ccc(C)cc1)S(=O)(=O)c1ccc(OC)c(OC)c1. The average molecular weight is 610 g/mol. The number of hydrogen-bond donors (Lipinski definition) is 1. The van der Waals surface area contributed by atoms with Gasteiger partial charge in [0.1, 0.15) is 12.6 Å². The van der Waals surface area contributed by atoms with Crippen LogP contribution in [0.3, 0.4) is 0 Å². The number of hydrogen-bond acceptors (Lipinski definition) is 6. The molecule has 0 fully saturated rings. The molecule has 3 aromatic rings. The maximum absolute atomic E-state index is 14.2. The Balaban J connectivity index is 2.07. The number of carbonyl (C=O) groups excluding carboxylic acids is 2. The van der Waals surface area contributed by atoms with E-state index in [-0.39, 0.29) is 23.1 Å². The highest BCUT2D eigenvalue weighted by Gasteiger charge is 2.34. The summed E-state index contributed by atoms with van der Waals surface area (Å²) in [5.74, 6) is -0.136. The third kappa shape index (κ3) is 8.50. The molecule has 0 aromatic heterocycles. The van der Waals surface area contributed by atoms with Gasteiger partial charge in [0.15, 0.2) is 11.5 Å². The topological polar surface area (TPSA) is 105 Å². The molecule has 3 aromatic carbocycles. The van der Waals surface area contributed by atoms with E-state index in [9.17, 15) is 18.0 Å². The number of sulfonamides is 1. The molecular weight excluding hydrogens is 566 g/mol. The predicted molar refractivity (Wildman–Crippen MR) is 169 cm³/mol. The Labute approximate surface area is 255 Å². The highest BCUT2D eigenvalue weighted by molar-refractivity contribution is 7.92. The third-order valence-electron chi connectivity index (χ3n) is 7.19. The summed E-state index contributed by atoms with van der Waals surface area (Å²) in [4.78, 5) is 29.0. The van der Waals surface area contributed by atoms with E-state index in [0.717, 1.165) is 33.8 Å². The number of nitrogens with zero attached hydrogens (tertiary/aromatic N) is 2. The van der Waals surface area contributed by atoms with Crippen molar-refractivity contribution in [1.82, 2.24) is 10.2 Å². The van der Waals surface area contributed by atoms with Gasteiger partial charge < -0.3 is 19.7 Å². The van der Waals surface area contributed by atoms with Gasteiger partial charge in [-0.05, 0) is 56.5 Å². The van der Waals surface area contributed by atoms with Crippen LogP contribution in [-0.2, 0) is 26.2 Å². The first-order valence-electron chi connectivity index (χ1n) is 14.5. The second kappa shape index (κ2) is 15.4. The van der Waals surface area contributed by atoms with Crippen LogP contribution >= 0.6 is 0 Å². The lowest BCUT2D eigenvalue weighted by molar-refractivity contribution is -0.140. The number of amides is 2. The largest absolute Gasteiger partial charge is 0.493 e. The van der Waals surface area contributed by atoms with Crippen LogP contribution < -0.4 is 19.1 Å². The van der Waals surface area contributed by atoms with E-state index in [1.807, 2.05) is 52.0 Å². The summed E-state index contributed by atoms with van der Waals surface area (Å²) >= 11 is 0. The third-order valence-corrected chi connectivity index (χ3v) is 8.96. The van der Waals surface area contributed by atoms with Crippen molar-refractivity contribution in [1.29, 1.82) is 0 Å². The quantitative estimate of drug-likeness (QED) is 0.236. The molecule has 9 nitrogen and oxygen atoms in total. The molecular formula is C33H43N3O6S. The molecule has 0 heterocycles. The van der Waals surface area contributed by atoms with Crippen LogP contribution in [0, 0.1) is 13.8 Å². The first kappa shape index (κ1) is 33.5. The molecule has 1 atom stereocenters. The van der Waals surface area contributed by atoms with Gasteiger partial charge in [0.2, 0.25) is 11.8 Å². The Morgan fingerprint density at radius 3 is 2.19 bits per heavy atom. The van der Waals surface area contributed by atoms with Crippen LogP contribution in [0.5, 0.6) is 11.5 Å². The molecule has 3 rings (SSSR count). The second-order valence-electron chi connectivity index (χ2n) is 10.4. The van der Waals surface area contributed by atoms with E-state index in [4.69, 9.17) is 9.47 Å². The molecule has 43 heavy (non-hydrogen) atoms. The van der Waals surface area contributed by atoms with Gasteiger partial charge in [-0.25, -0.2) is 8.42 Å². The number of unbranched alkanes of at least 4 members (excludes halogenated alkanes) is 1. The van der Waals surface area contributed by atoms with Gasteiger partial charge >= 0.3 is 0 Å². The van der Waals surface area contributed by atoms with Crippen molar-refractivity contribution in [2.24, 2.45) is 0 Å². The summed E-state index contributed by atoms with van der Waals surface area (Å²) in [6.45, 7) is 7.88. The lowest BCUT2D eigenvalue weighted by Crippen LogP contribution is -2.52. The Hall–Kier alpha value is -4.05. The predicted octanol–water partition coefficient (Wildman–Crippen LogP) is 5.24. The second-order valence-corrected chi connectivity index (χ2v) is 12.3. The first-order valence-corrected chi connectivity index (χ1v) is 15.9. The molecule has 0 saturated heterocycles. The van der Waals surface area contributed by atoms with Crippen molar-refractivity contribution in [3.05, 3.63) is 83.4 Å². The standard InChI is InChI=1S/C33H43N3O6S/c1-7-9-19-34-33(38)29(8-2)35(22-26-12-10-11-25(4)20-26)32(37)23-36(27-15-13-24(3)14-16-27)43(39,40)28-17-18-30(41-5)31(21-28)42-6/h10-18,20-21,29H,7-9,19,22-23H2,1-6H3,(H,34,38)/t29-/m0/s1. The number of nitrogens with one attached hydrogen (secondary N) is 1. The number of anilines is 1. The molecule has 0 bridgehead atoms. The highest BCUT2D eigenvalue weighted by Crippen LogP contribution is 2.32. The zero-order valence-electron chi connectivity index (χ0n) is 25.9. The molecule has 0 saturated carbocycles. The molecule has 0 radical (unpaired) electrons. The molecule has 0 aliphatic heterocycles. The summed E-state index contributed by atoms with van der Waals surface area (Å²) < 4.78 is 40.1. The lowest BCUT2D eigenvalue weighted by atomic mass is 10.1. The van der Waals surface area contributed by atoms with Crippen molar-refractivity contribution in [3.63, 3.8) is 0 Å². The number of aryl methyl sites for hydroxylation is 2. The fraction of sp³-hybridized carbons (Fsp3) is 0.394. The summed E-state index contributed by atoms with van der Waals surface area (Å²) in [6, 6.07) is 18.1. The fourth-order valence-corrected chi connectivity index (χ4v) is 6.21. The van der Waals surface area contributed by atoms with Crippen LogP contribution in [0.1, 0.15) is 49.8 Å². The van der Waals surface area contributed by atoms with Gasteiger partial charge in [0.05, 0.1) is 24.8 Å². The summed E-state index contributed by atoms with van der Waals surface area (Å²) in [5.41, 5.74) is 3.12. The summed E-state index contributed by atoms with van der Waals surface area (Å²) in [6.07, 6.45) is 2.10. The number of benzene rings is 3. The molecule has 0 aliphatic carbocycles. The van der Waals surface area contributed by atoms with Crippen molar-refractivity contribution < 1.29 is 27.5 Å². The lowest BCUT2D eigenvalue weighted by Gasteiger charge is -2.33.